The Kier molecular flexibility index (Phi) is 5.88. The van der Waals surface area contributed by atoms with Crippen molar-refractivity contribution in [2.24, 2.45) is 13.0 Å². The van der Waals surface area contributed by atoms with E-state index in [4.69, 9.17) is 22.1 Å². The topological polar surface area (TPSA) is 53.5 Å². The second-order valence-electron chi connectivity index (χ2n) is 6.93. The van der Waals surface area contributed by atoms with Gasteiger partial charge in [0.05, 0.1) is 19.7 Å². The summed E-state index contributed by atoms with van der Waals surface area (Å²) in [5.74, 6) is 0.786. The fourth-order valence-corrected chi connectivity index (χ4v) is 3.81. The van der Waals surface area contributed by atoms with E-state index in [9.17, 15) is 4.79 Å². The number of piperidine rings is 1. The largest absolute Gasteiger partial charge is 0.466 e. The van der Waals surface area contributed by atoms with Gasteiger partial charge in [-0.3, -0.25) is 4.79 Å². The first-order valence-electron chi connectivity index (χ1n) is 9.21. The van der Waals surface area contributed by atoms with Gasteiger partial charge in [-0.1, -0.05) is 24.3 Å². The molecule has 3 rings (SSSR count). The molecule has 26 heavy (non-hydrogen) atoms. The van der Waals surface area contributed by atoms with Gasteiger partial charge in [0.25, 0.3) is 0 Å². The lowest BCUT2D eigenvalue weighted by molar-refractivity contribution is -0.930. The summed E-state index contributed by atoms with van der Waals surface area (Å²) in [7, 11) is 1.96. The van der Waals surface area contributed by atoms with Crippen LogP contribution in [0, 0.1) is 17.6 Å². The summed E-state index contributed by atoms with van der Waals surface area (Å²) >= 11 is 5.61. The third kappa shape index (κ3) is 3.88. The smallest absolute Gasteiger partial charge is 0.314 e. The Morgan fingerprint density at radius 3 is 2.92 bits per heavy atom. The van der Waals surface area contributed by atoms with Gasteiger partial charge in [0.1, 0.15) is 5.92 Å². The van der Waals surface area contributed by atoms with Gasteiger partial charge in [0.2, 0.25) is 4.77 Å². The zero-order valence-electron chi connectivity index (χ0n) is 15.7. The molecule has 2 aromatic rings. The molecule has 0 bridgehead atoms. The third-order valence-corrected chi connectivity index (χ3v) is 5.52. The highest BCUT2D eigenvalue weighted by molar-refractivity contribution is 7.71. The Bertz CT molecular complexity index is 842. The van der Waals surface area contributed by atoms with E-state index in [0.717, 1.165) is 37.3 Å². The van der Waals surface area contributed by atoms with Crippen LogP contribution in [0.1, 0.15) is 25.3 Å². The van der Waals surface area contributed by atoms with Crippen molar-refractivity contribution in [2.75, 3.05) is 19.7 Å². The summed E-state index contributed by atoms with van der Waals surface area (Å²) < 4.78 is 9.75. The van der Waals surface area contributed by atoms with E-state index >= 15 is 0 Å². The number of quaternary nitrogens is 1. The number of benzene rings is 1. The highest BCUT2D eigenvalue weighted by Crippen LogP contribution is 2.21. The van der Waals surface area contributed by atoms with Gasteiger partial charge in [-0.2, -0.15) is 4.68 Å². The van der Waals surface area contributed by atoms with Gasteiger partial charge in [-0.15, -0.1) is 5.10 Å². The maximum absolute atomic E-state index is 12.1. The van der Waals surface area contributed by atoms with Crippen molar-refractivity contribution in [1.82, 2.24) is 14.3 Å². The third-order valence-electron chi connectivity index (χ3n) is 5.04. The Balaban J connectivity index is 1.79. The number of nitrogens with one attached hydrogen (secondary N) is 1. The van der Waals surface area contributed by atoms with Gasteiger partial charge in [0.15, 0.2) is 12.5 Å². The molecule has 6 nitrogen and oxygen atoms in total. The second-order valence-corrected chi connectivity index (χ2v) is 7.30. The number of aromatic nitrogens is 3. The molecule has 7 heteroatoms. The van der Waals surface area contributed by atoms with Crippen LogP contribution in [0.25, 0.3) is 11.4 Å². The standard InChI is InChI=1S/C19H26N4O2S/c1-4-25-18(24)15-9-7-11-22(12-15)13-23-19(26)21(3)17(20-23)16-10-6-5-8-14(16)2/h5-6,8,10,15H,4,7,9,11-13H2,1-3H3/p+1/t15-/m1/s1. The average Bonchev–Trinajstić information content (AvgIpc) is 2.91. The Morgan fingerprint density at radius 1 is 1.42 bits per heavy atom. The van der Waals surface area contributed by atoms with E-state index in [1.54, 1.807) is 0 Å². The fraction of sp³-hybridized carbons (Fsp3) is 0.526. The summed E-state index contributed by atoms with van der Waals surface area (Å²) in [6, 6.07) is 8.20. The van der Waals surface area contributed by atoms with E-state index in [2.05, 4.69) is 19.1 Å². The summed E-state index contributed by atoms with van der Waals surface area (Å²) in [4.78, 5) is 13.4. The molecule has 0 saturated carbocycles. The number of rotatable bonds is 5. The van der Waals surface area contributed by atoms with Crippen molar-refractivity contribution >= 4 is 18.2 Å². The Morgan fingerprint density at radius 2 is 2.19 bits per heavy atom. The predicted molar refractivity (Wildman–Crippen MR) is 102 cm³/mol. The summed E-state index contributed by atoms with van der Waals surface area (Å²) in [6.45, 7) is 6.85. The zero-order chi connectivity index (χ0) is 18.7. The molecule has 1 aromatic carbocycles. The van der Waals surface area contributed by atoms with Crippen LogP contribution in [0.5, 0.6) is 0 Å². The minimum atomic E-state index is -0.0742. The minimum absolute atomic E-state index is 0.0209. The number of likely N-dealkylation sites (tertiary alicyclic amines) is 1. The van der Waals surface area contributed by atoms with E-state index in [-0.39, 0.29) is 11.9 Å². The molecular formula is C19H27N4O2S+. The summed E-state index contributed by atoms with van der Waals surface area (Å²) in [5.41, 5.74) is 2.27. The molecule has 1 aliphatic heterocycles. The Labute approximate surface area is 159 Å². The highest BCUT2D eigenvalue weighted by Gasteiger charge is 2.30. The molecule has 0 spiro atoms. The molecule has 2 atom stereocenters. The number of aryl methyl sites for hydroxylation is 1. The zero-order valence-corrected chi connectivity index (χ0v) is 16.5. The monoisotopic (exact) mass is 375 g/mol. The van der Waals surface area contributed by atoms with Gasteiger partial charge >= 0.3 is 5.97 Å². The lowest BCUT2D eigenvalue weighted by Crippen LogP contribution is -3.13. The number of esters is 1. The number of hydrogen-bond donors (Lipinski definition) is 1. The van der Waals surface area contributed by atoms with E-state index in [1.165, 1.54) is 10.5 Å². The molecule has 0 aliphatic carbocycles. The normalized spacial score (nSPS) is 20.1. The first kappa shape index (κ1) is 18.8. The van der Waals surface area contributed by atoms with Crippen LogP contribution in [0.2, 0.25) is 0 Å². The van der Waals surface area contributed by atoms with Crippen LogP contribution in [-0.2, 0) is 23.2 Å². The molecule has 1 saturated heterocycles. The molecule has 2 heterocycles. The second kappa shape index (κ2) is 8.14. The summed E-state index contributed by atoms with van der Waals surface area (Å²) in [6.07, 6.45) is 1.92. The van der Waals surface area contributed by atoms with Crippen molar-refractivity contribution in [3.63, 3.8) is 0 Å². The molecular weight excluding hydrogens is 348 g/mol. The maximum Gasteiger partial charge on any atom is 0.314 e. The summed E-state index contributed by atoms with van der Waals surface area (Å²) in [5, 5.41) is 4.78. The number of carbonyl (C=O) groups is 1. The molecule has 0 amide bonds. The van der Waals surface area contributed by atoms with Gasteiger partial charge in [0, 0.05) is 12.6 Å². The van der Waals surface area contributed by atoms with Crippen LogP contribution in [0.15, 0.2) is 24.3 Å². The predicted octanol–water partition coefficient (Wildman–Crippen LogP) is 1.74. The molecule has 140 valence electrons. The molecule has 1 unspecified atom stereocenters. The van der Waals surface area contributed by atoms with E-state index < -0.39 is 0 Å². The fourth-order valence-electron chi connectivity index (χ4n) is 3.62. The number of ether oxygens (including phenoxy) is 1. The number of carbonyl (C=O) groups excluding carboxylic acids is 1. The van der Waals surface area contributed by atoms with Crippen LogP contribution in [0.4, 0.5) is 0 Å². The minimum Gasteiger partial charge on any atom is -0.466 e. The van der Waals surface area contributed by atoms with E-state index in [1.807, 2.05) is 35.4 Å². The lowest BCUT2D eigenvalue weighted by Gasteiger charge is -2.28. The SMILES string of the molecule is CCOC(=O)[C@@H]1CCC[NH+](Cn2nc(-c3ccccc3C)n(C)c2=S)C1. The molecule has 1 N–H and O–H groups in total. The molecule has 1 aliphatic rings. The number of hydrogen-bond acceptors (Lipinski definition) is 4. The van der Waals surface area contributed by atoms with Crippen molar-refractivity contribution in [3.05, 3.63) is 34.6 Å². The van der Waals surface area contributed by atoms with Crippen LogP contribution < -0.4 is 4.90 Å². The van der Waals surface area contributed by atoms with Gasteiger partial charge in [-0.05, 0) is 44.5 Å². The quantitative estimate of drug-likeness (QED) is 0.639. The molecule has 0 radical (unpaired) electrons. The van der Waals surface area contributed by atoms with E-state index in [0.29, 0.717) is 18.0 Å². The van der Waals surface area contributed by atoms with Crippen LogP contribution in [0.3, 0.4) is 0 Å². The number of nitrogens with zero attached hydrogens (tertiary/aromatic N) is 3. The molecule has 1 fully saturated rings. The molecule has 1 aromatic heterocycles. The average molecular weight is 376 g/mol. The van der Waals surface area contributed by atoms with Crippen molar-refractivity contribution in [3.8, 4) is 11.4 Å². The highest BCUT2D eigenvalue weighted by atomic mass is 32.1. The van der Waals surface area contributed by atoms with Crippen molar-refractivity contribution in [1.29, 1.82) is 0 Å². The first-order valence-corrected chi connectivity index (χ1v) is 9.62. The lowest BCUT2D eigenvalue weighted by atomic mass is 9.99. The Hall–Kier alpha value is -1.99. The van der Waals surface area contributed by atoms with Crippen molar-refractivity contribution < 1.29 is 14.4 Å². The van der Waals surface area contributed by atoms with Gasteiger partial charge in [-0.25, -0.2) is 0 Å². The van der Waals surface area contributed by atoms with Crippen molar-refractivity contribution in [2.45, 2.75) is 33.4 Å². The van der Waals surface area contributed by atoms with Crippen LogP contribution in [-0.4, -0.2) is 40.0 Å². The first-order chi connectivity index (χ1) is 12.5. The van der Waals surface area contributed by atoms with Gasteiger partial charge < -0.3 is 14.2 Å². The van der Waals surface area contributed by atoms with Crippen LogP contribution >= 0.6 is 12.2 Å². The maximum atomic E-state index is 12.1.